The van der Waals surface area contributed by atoms with E-state index in [-0.39, 0.29) is 12.5 Å². The lowest BCUT2D eigenvalue weighted by Crippen LogP contribution is -2.49. The molecule has 0 atom stereocenters. The van der Waals surface area contributed by atoms with Gasteiger partial charge in [0.05, 0.1) is 12.0 Å². The molecule has 1 aliphatic rings. The number of hydrogen-bond donors (Lipinski definition) is 3. The first-order chi connectivity index (χ1) is 7.92. The van der Waals surface area contributed by atoms with Gasteiger partial charge in [-0.25, -0.2) is 0 Å². The summed E-state index contributed by atoms with van der Waals surface area (Å²) in [4.78, 5) is 24.5. The molecule has 0 aromatic carbocycles. The fourth-order valence-electron chi connectivity index (χ4n) is 1.52. The Morgan fingerprint density at radius 3 is 2.47 bits per heavy atom. The molecule has 0 saturated carbocycles. The number of aliphatic carboxylic acids is 1. The third-order valence-electron chi connectivity index (χ3n) is 2.88. The molecule has 1 aliphatic heterocycles. The number of rotatable bonds is 5. The predicted molar refractivity (Wildman–Crippen MR) is 63.7 cm³/mol. The Bertz CT molecular complexity index is 286. The van der Waals surface area contributed by atoms with Gasteiger partial charge in [0.25, 0.3) is 0 Å². The molecule has 98 valence electrons. The van der Waals surface area contributed by atoms with E-state index in [1.807, 2.05) is 0 Å². The van der Waals surface area contributed by atoms with Crippen molar-refractivity contribution in [2.45, 2.75) is 13.8 Å². The van der Waals surface area contributed by atoms with Gasteiger partial charge in [0.15, 0.2) is 0 Å². The zero-order chi connectivity index (χ0) is 12.9. The Morgan fingerprint density at radius 1 is 1.35 bits per heavy atom. The van der Waals surface area contributed by atoms with E-state index in [4.69, 9.17) is 5.11 Å². The lowest BCUT2D eigenvalue weighted by Gasteiger charge is -2.27. The van der Waals surface area contributed by atoms with Crippen LogP contribution in [0, 0.1) is 5.41 Å². The predicted octanol–water partition coefficient (Wildman–Crippen LogP) is -0.881. The number of amides is 1. The molecule has 0 aromatic rings. The number of piperazine rings is 1. The standard InChI is InChI=1S/C11H21N3O3/c1-11(2,10(16)17)8-13-9(15)7-14-5-3-12-4-6-14/h12H,3-8H2,1-2H3,(H,13,15)(H,16,17). The minimum absolute atomic E-state index is 0.110. The van der Waals surface area contributed by atoms with E-state index in [0.717, 1.165) is 26.2 Å². The molecule has 1 saturated heterocycles. The molecule has 0 aliphatic carbocycles. The largest absolute Gasteiger partial charge is 0.481 e. The van der Waals surface area contributed by atoms with E-state index in [0.29, 0.717) is 6.54 Å². The molecule has 1 fully saturated rings. The van der Waals surface area contributed by atoms with Crippen LogP contribution < -0.4 is 10.6 Å². The van der Waals surface area contributed by atoms with E-state index in [2.05, 4.69) is 15.5 Å². The zero-order valence-corrected chi connectivity index (χ0v) is 10.5. The van der Waals surface area contributed by atoms with Crippen LogP contribution in [0.5, 0.6) is 0 Å². The summed E-state index contributed by atoms with van der Waals surface area (Å²) in [5, 5.41) is 14.8. The molecular formula is C11H21N3O3. The van der Waals surface area contributed by atoms with E-state index >= 15 is 0 Å². The summed E-state index contributed by atoms with van der Waals surface area (Å²) in [5.74, 6) is -1.01. The lowest BCUT2D eigenvalue weighted by molar-refractivity contribution is -0.146. The number of carboxylic acids is 1. The molecule has 17 heavy (non-hydrogen) atoms. The highest BCUT2D eigenvalue weighted by Crippen LogP contribution is 2.12. The van der Waals surface area contributed by atoms with Crippen molar-refractivity contribution in [3.05, 3.63) is 0 Å². The molecule has 0 bridgehead atoms. The van der Waals surface area contributed by atoms with Gasteiger partial charge in [-0.05, 0) is 13.8 Å². The van der Waals surface area contributed by atoms with Crippen LogP contribution in [-0.2, 0) is 9.59 Å². The van der Waals surface area contributed by atoms with Gasteiger partial charge in [0.1, 0.15) is 0 Å². The number of nitrogens with zero attached hydrogens (tertiary/aromatic N) is 1. The van der Waals surface area contributed by atoms with Crippen molar-refractivity contribution in [2.24, 2.45) is 5.41 Å². The summed E-state index contributed by atoms with van der Waals surface area (Å²) < 4.78 is 0. The minimum Gasteiger partial charge on any atom is -0.481 e. The highest BCUT2D eigenvalue weighted by molar-refractivity contribution is 5.80. The van der Waals surface area contributed by atoms with Crippen molar-refractivity contribution < 1.29 is 14.7 Å². The normalized spacial score (nSPS) is 17.8. The second-order valence-electron chi connectivity index (χ2n) is 4.99. The molecule has 6 heteroatoms. The first kappa shape index (κ1) is 13.9. The maximum Gasteiger partial charge on any atom is 0.310 e. The Morgan fingerprint density at radius 2 is 1.94 bits per heavy atom. The van der Waals surface area contributed by atoms with Crippen LogP contribution in [0.15, 0.2) is 0 Å². The third-order valence-corrected chi connectivity index (χ3v) is 2.88. The second kappa shape index (κ2) is 5.97. The van der Waals surface area contributed by atoms with Gasteiger partial charge in [-0.1, -0.05) is 0 Å². The smallest absolute Gasteiger partial charge is 0.310 e. The van der Waals surface area contributed by atoms with Crippen molar-refractivity contribution in [2.75, 3.05) is 39.3 Å². The number of hydrogen-bond acceptors (Lipinski definition) is 4. The molecule has 0 spiro atoms. The molecule has 6 nitrogen and oxygen atoms in total. The van der Waals surface area contributed by atoms with Crippen molar-refractivity contribution in [1.82, 2.24) is 15.5 Å². The van der Waals surface area contributed by atoms with Crippen LogP contribution in [0.2, 0.25) is 0 Å². The Balaban J connectivity index is 2.27. The average molecular weight is 243 g/mol. The van der Waals surface area contributed by atoms with Crippen LogP contribution in [0.25, 0.3) is 0 Å². The van der Waals surface area contributed by atoms with Gasteiger partial charge in [0, 0.05) is 32.7 Å². The fraction of sp³-hybridized carbons (Fsp3) is 0.818. The van der Waals surface area contributed by atoms with Crippen molar-refractivity contribution in [1.29, 1.82) is 0 Å². The summed E-state index contributed by atoms with van der Waals surface area (Å²) in [6.45, 7) is 7.21. The maximum atomic E-state index is 11.6. The first-order valence-corrected chi connectivity index (χ1v) is 5.85. The monoisotopic (exact) mass is 243 g/mol. The molecule has 3 N–H and O–H groups in total. The molecule has 0 unspecified atom stereocenters. The molecule has 0 aromatic heterocycles. The van der Waals surface area contributed by atoms with Gasteiger partial charge in [-0.15, -0.1) is 0 Å². The molecule has 0 radical (unpaired) electrons. The minimum atomic E-state index is -0.918. The summed E-state index contributed by atoms with van der Waals surface area (Å²) >= 11 is 0. The Hall–Kier alpha value is -1.14. The van der Waals surface area contributed by atoms with E-state index in [1.54, 1.807) is 13.8 Å². The van der Waals surface area contributed by atoms with Crippen LogP contribution in [0.4, 0.5) is 0 Å². The second-order valence-corrected chi connectivity index (χ2v) is 4.99. The lowest BCUT2D eigenvalue weighted by atomic mass is 9.94. The third kappa shape index (κ3) is 4.70. The quantitative estimate of drug-likeness (QED) is 0.584. The van der Waals surface area contributed by atoms with Crippen molar-refractivity contribution in [3.63, 3.8) is 0 Å². The summed E-state index contributed by atoms with van der Waals surface area (Å²) in [6.07, 6.45) is 0. The SMILES string of the molecule is CC(C)(CNC(=O)CN1CCNCC1)C(=O)O. The highest BCUT2D eigenvalue weighted by atomic mass is 16.4. The molecule has 1 amide bonds. The van der Waals surface area contributed by atoms with E-state index < -0.39 is 11.4 Å². The van der Waals surface area contributed by atoms with Gasteiger partial charge < -0.3 is 15.7 Å². The molecule has 1 heterocycles. The Kier molecular flexibility index (Phi) is 4.89. The topological polar surface area (TPSA) is 81.7 Å². The van der Waals surface area contributed by atoms with Gasteiger partial charge in [-0.3, -0.25) is 14.5 Å². The van der Waals surface area contributed by atoms with E-state index in [9.17, 15) is 9.59 Å². The Labute approximate surface area is 101 Å². The molecule has 1 rings (SSSR count). The van der Waals surface area contributed by atoms with Crippen LogP contribution in [0.1, 0.15) is 13.8 Å². The highest BCUT2D eigenvalue weighted by Gasteiger charge is 2.27. The first-order valence-electron chi connectivity index (χ1n) is 5.85. The summed E-state index contributed by atoms with van der Waals surface area (Å²) in [6, 6.07) is 0. The van der Waals surface area contributed by atoms with Crippen LogP contribution in [0.3, 0.4) is 0 Å². The fourth-order valence-corrected chi connectivity index (χ4v) is 1.52. The van der Waals surface area contributed by atoms with Gasteiger partial charge in [0.2, 0.25) is 5.91 Å². The number of carbonyl (C=O) groups excluding carboxylic acids is 1. The average Bonchev–Trinajstić information content (AvgIpc) is 2.28. The number of nitrogens with one attached hydrogen (secondary N) is 2. The van der Waals surface area contributed by atoms with Gasteiger partial charge >= 0.3 is 5.97 Å². The summed E-state index contributed by atoms with van der Waals surface area (Å²) in [7, 11) is 0. The summed E-state index contributed by atoms with van der Waals surface area (Å²) in [5.41, 5.74) is -0.918. The zero-order valence-electron chi connectivity index (χ0n) is 10.5. The number of carbonyl (C=O) groups is 2. The molecular weight excluding hydrogens is 222 g/mol. The van der Waals surface area contributed by atoms with Crippen LogP contribution in [-0.4, -0.2) is 61.2 Å². The van der Waals surface area contributed by atoms with E-state index in [1.165, 1.54) is 0 Å². The number of carboxylic acid groups (broad SMARTS) is 1. The van der Waals surface area contributed by atoms with Crippen molar-refractivity contribution >= 4 is 11.9 Å². The maximum absolute atomic E-state index is 11.6. The van der Waals surface area contributed by atoms with Crippen molar-refractivity contribution in [3.8, 4) is 0 Å². The van der Waals surface area contributed by atoms with Gasteiger partial charge in [-0.2, -0.15) is 0 Å². The van der Waals surface area contributed by atoms with Crippen LogP contribution >= 0.6 is 0 Å².